The molecule has 3 N–H and O–H groups in total. The molecule has 0 unspecified atom stereocenters. The van der Waals surface area contributed by atoms with E-state index in [0.717, 1.165) is 19.3 Å². The van der Waals surface area contributed by atoms with Crippen LogP contribution in [0, 0.1) is 12.3 Å². The SMILES string of the molecule is CCC(CC)(CN)C(=O)NCCc1cccc(C)c1. The number of carbonyl (C=O) groups excluding carboxylic acids is 1. The lowest BCUT2D eigenvalue weighted by Gasteiger charge is -2.28. The normalized spacial score (nSPS) is 11.4. The number of nitrogens with one attached hydrogen (secondary N) is 1. The minimum atomic E-state index is -0.396. The van der Waals surface area contributed by atoms with E-state index in [1.54, 1.807) is 0 Å². The lowest BCUT2D eigenvalue weighted by atomic mass is 9.81. The molecule has 0 radical (unpaired) electrons. The third-order valence-electron chi connectivity index (χ3n) is 4.01. The average Bonchev–Trinajstić information content (AvgIpc) is 2.41. The second kappa shape index (κ2) is 7.29. The molecule has 0 aliphatic heterocycles. The molecule has 0 saturated carbocycles. The Morgan fingerprint density at radius 2 is 2.00 bits per heavy atom. The first-order valence-corrected chi connectivity index (χ1v) is 7.12. The molecule has 0 aromatic heterocycles. The van der Waals surface area contributed by atoms with Gasteiger partial charge in [-0.2, -0.15) is 0 Å². The van der Waals surface area contributed by atoms with Crippen molar-refractivity contribution in [3.8, 4) is 0 Å². The molecular formula is C16H26N2O. The molecule has 19 heavy (non-hydrogen) atoms. The number of hydrogen-bond acceptors (Lipinski definition) is 2. The van der Waals surface area contributed by atoms with E-state index in [1.165, 1.54) is 11.1 Å². The van der Waals surface area contributed by atoms with E-state index in [4.69, 9.17) is 5.73 Å². The number of benzene rings is 1. The van der Waals surface area contributed by atoms with Gasteiger partial charge in [0.25, 0.3) is 0 Å². The summed E-state index contributed by atoms with van der Waals surface area (Å²) in [5, 5.41) is 3.03. The van der Waals surface area contributed by atoms with Gasteiger partial charge in [-0.1, -0.05) is 43.7 Å². The zero-order valence-corrected chi connectivity index (χ0v) is 12.3. The van der Waals surface area contributed by atoms with Crippen molar-refractivity contribution < 1.29 is 4.79 Å². The van der Waals surface area contributed by atoms with Crippen LogP contribution < -0.4 is 11.1 Å². The predicted molar refractivity (Wildman–Crippen MR) is 80.0 cm³/mol. The Kier molecular flexibility index (Phi) is 6.03. The Balaban J connectivity index is 2.50. The molecule has 0 bridgehead atoms. The van der Waals surface area contributed by atoms with Crippen LogP contribution in [0.25, 0.3) is 0 Å². The van der Waals surface area contributed by atoms with Crippen molar-refractivity contribution in [3.63, 3.8) is 0 Å². The van der Waals surface area contributed by atoms with Gasteiger partial charge in [0.05, 0.1) is 5.41 Å². The van der Waals surface area contributed by atoms with Crippen molar-refractivity contribution in [1.82, 2.24) is 5.32 Å². The zero-order valence-electron chi connectivity index (χ0n) is 12.3. The fourth-order valence-electron chi connectivity index (χ4n) is 2.33. The average molecular weight is 262 g/mol. The Bertz CT molecular complexity index is 403. The van der Waals surface area contributed by atoms with Crippen LogP contribution in [0.3, 0.4) is 0 Å². The number of carbonyl (C=O) groups is 1. The van der Waals surface area contributed by atoms with Crippen molar-refractivity contribution in [1.29, 1.82) is 0 Å². The Labute approximate surface area is 116 Å². The van der Waals surface area contributed by atoms with Gasteiger partial charge >= 0.3 is 0 Å². The van der Waals surface area contributed by atoms with E-state index in [2.05, 4.69) is 36.5 Å². The fraction of sp³-hybridized carbons (Fsp3) is 0.562. The summed E-state index contributed by atoms with van der Waals surface area (Å²) in [7, 11) is 0. The number of aryl methyl sites for hydroxylation is 1. The van der Waals surface area contributed by atoms with Gasteiger partial charge < -0.3 is 11.1 Å². The summed E-state index contributed by atoms with van der Waals surface area (Å²) in [5.41, 5.74) is 7.88. The molecule has 1 aromatic rings. The summed E-state index contributed by atoms with van der Waals surface area (Å²) in [5.74, 6) is 0.0904. The van der Waals surface area contributed by atoms with Crippen molar-refractivity contribution >= 4 is 5.91 Å². The van der Waals surface area contributed by atoms with Gasteiger partial charge in [-0.25, -0.2) is 0 Å². The second-order valence-electron chi connectivity index (χ2n) is 5.19. The number of rotatable bonds is 7. The zero-order chi connectivity index (χ0) is 14.3. The lowest BCUT2D eigenvalue weighted by molar-refractivity contribution is -0.131. The second-order valence-corrected chi connectivity index (χ2v) is 5.19. The van der Waals surface area contributed by atoms with E-state index in [-0.39, 0.29) is 5.91 Å². The molecule has 1 aromatic carbocycles. The van der Waals surface area contributed by atoms with E-state index in [9.17, 15) is 4.79 Å². The van der Waals surface area contributed by atoms with Crippen LogP contribution in [0.4, 0.5) is 0 Å². The molecule has 0 heterocycles. The monoisotopic (exact) mass is 262 g/mol. The summed E-state index contributed by atoms with van der Waals surface area (Å²) in [6, 6.07) is 8.38. The van der Waals surface area contributed by atoms with E-state index in [1.807, 2.05) is 13.8 Å². The molecule has 1 amide bonds. The first-order chi connectivity index (χ1) is 9.07. The standard InChI is InChI=1S/C16H26N2O/c1-4-16(5-2,12-17)15(19)18-10-9-14-8-6-7-13(3)11-14/h6-8,11H,4-5,9-10,12,17H2,1-3H3,(H,18,19). The fourth-order valence-corrected chi connectivity index (χ4v) is 2.33. The van der Waals surface area contributed by atoms with Crippen molar-refractivity contribution in [2.24, 2.45) is 11.1 Å². The minimum absolute atomic E-state index is 0.0904. The Morgan fingerprint density at radius 3 is 2.53 bits per heavy atom. The van der Waals surface area contributed by atoms with Gasteiger partial charge in [-0.3, -0.25) is 4.79 Å². The van der Waals surface area contributed by atoms with Gasteiger partial charge in [0, 0.05) is 13.1 Å². The van der Waals surface area contributed by atoms with Gasteiger partial charge in [-0.15, -0.1) is 0 Å². The molecule has 0 spiro atoms. The third-order valence-corrected chi connectivity index (χ3v) is 4.01. The van der Waals surface area contributed by atoms with Crippen molar-refractivity contribution in [3.05, 3.63) is 35.4 Å². The van der Waals surface area contributed by atoms with Gasteiger partial charge in [0.1, 0.15) is 0 Å². The highest BCUT2D eigenvalue weighted by molar-refractivity contribution is 5.82. The topological polar surface area (TPSA) is 55.1 Å². The van der Waals surface area contributed by atoms with Crippen LogP contribution in [-0.4, -0.2) is 19.0 Å². The van der Waals surface area contributed by atoms with Gasteiger partial charge in [0.2, 0.25) is 5.91 Å². The quantitative estimate of drug-likeness (QED) is 0.793. The maximum atomic E-state index is 12.2. The van der Waals surface area contributed by atoms with Crippen molar-refractivity contribution in [2.75, 3.05) is 13.1 Å². The molecular weight excluding hydrogens is 236 g/mol. The van der Waals surface area contributed by atoms with Crippen LogP contribution in [-0.2, 0) is 11.2 Å². The van der Waals surface area contributed by atoms with Crippen LogP contribution in [0.5, 0.6) is 0 Å². The smallest absolute Gasteiger partial charge is 0.227 e. The highest BCUT2D eigenvalue weighted by Crippen LogP contribution is 2.24. The van der Waals surface area contributed by atoms with Crippen LogP contribution >= 0.6 is 0 Å². The largest absolute Gasteiger partial charge is 0.355 e. The maximum absolute atomic E-state index is 12.2. The van der Waals surface area contributed by atoms with Crippen molar-refractivity contribution in [2.45, 2.75) is 40.0 Å². The first-order valence-electron chi connectivity index (χ1n) is 7.12. The molecule has 0 saturated heterocycles. The molecule has 1 rings (SSSR count). The number of hydrogen-bond donors (Lipinski definition) is 2. The minimum Gasteiger partial charge on any atom is -0.355 e. The lowest BCUT2D eigenvalue weighted by Crippen LogP contribution is -2.45. The van der Waals surface area contributed by atoms with Crippen LogP contribution in [0.2, 0.25) is 0 Å². The summed E-state index contributed by atoms with van der Waals surface area (Å²) >= 11 is 0. The predicted octanol–water partition coefficient (Wildman–Crippen LogP) is 2.42. The first kappa shape index (κ1) is 15.7. The highest BCUT2D eigenvalue weighted by atomic mass is 16.2. The third kappa shape index (κ3) is 4.06. The summed E-state index contributed by atoms with van der Waals surface area (Å²) in [6.45, 7) is 7.21. The molecule has 3 heteroatoms. The summed E-state index contributed by atoms with van der Waals surface area (Å²) in [6.07, 6.45) is 2.44. The molecule has 3 nitrogen and oxygen atoms in total. The Hall–Kier alpha value is -1.35. The Morgan fingerprint density at radius 1 is 1.32 bits per heavy atom. The van der Waals surface area contributed by atoms with E-state index >= 15 is 0 Å². The molecule has 0 fully saturated rings. The van der Waals surface area contributed by atoms with E-state index in [0.29, 0.717) is 13.1 Å². The molecule has 0 aliphatic carbocycles. The summed E-state index contributed by atoms with van der Waals surface area (Å²) in [4.78, 5) is 12.2. The number of amides is 1. The van der Waals surface area contributed by atoms with Gasteiger partial charge in [0.15, 0.2) is 0 Å². The van der Waals surface area contributed by atoms with E-state index < -0.39 is 5.41 Å². The molecule has 0 atom stereocenters. The number of nitrogens with two attached hydrogens (primary N) is 1. The van der Waals surface area contributed by atoms with Crippen LogP contribution in [0.15, 0.2) is 24.3 Å². The highest BCUT2D eigenvalue weighted by Gasteiger charge is 2.32. The molecule has 0 aliphatic rings. The van der Waals surface area contributed by atoms with Gasteiger partial charge in [-0.05, 0) is 31.7 Å². The van der Waals surface area contributed by atoms with Crippen LogP contribution in [0.1, 0.15) is 37.8 Å². The molecule has 106 valence electrons. The maximum Gasteiger partial charge on any atom is 0.227 e. The summed E-state index contributed by atoms with van der Waals surface area (Å²) < 4.78 is 0.